The fourth-order valence-electron chi connectivity index (χ4n) is 2.97. The normalized spacial score (nSPS) is 18.4. The molecule has 1 atom stereocenters. The monoisotopic (exact) mass is 390 g/mol. The number of para-hydroxylation sites is 1. The number of hydrogen-bond acceptors (Lipinski definition) is 4. The predicted molar refractivity (Wildman–Crippen MR) is 105 cm³/mol. The van der Waals surface area contributed by atoms with E-state index in [2.05, 4.69) is 5.32 Å². The van der Waals surface area contributed by atoms with Gasteiger partial charge in [-0.05, 0) is 37.1 Å². The number of sulfonamides is 1. The quantitative estimate of drug-likeness (QED) is 0.849. The Balaban J connectivity index is 1.71. The molecular weight excluding hydrogens is 368 g/mol. The second-order valence-corrected chi connectivity index (χ2v) is 9.46. The minimum absolute atomic E-state index is 0.125. The van der Waals surface area contributed by atoms with E-state index < -0.39 is 10.0 Å². The second kappa shape index (κ2) is 8.24. The third kappa shape index (κ3) is 4.87. The molecule has 1 amide bonds. The SMILES string of the molecule is CS(=O)(=O)N1CCC[C@H](C(=O)Nc2ccccc2Sc2ccccc2)C1. The van der Waals surface area contributed by atoms with Gasteiger partial charge in [-0.2, -0.15) is 0 Å². The summed E-state index contributed by atoms with van der Waals surface area (Å²) >= 11 is 1.59. The van der Waals surface area contributed by atoms with Gasteiger partial charge in [0.1, 0.15) is 0 Å². The number of hydrogen-bond donors (Lipinski definition) is 1. The minimum atomic E-state index is -3.26. The summed E-state index contributed by atoms with van der Waals surface area (Å²) in [5.41, 5.74) is 0.753. The fraction of sp³-hybridized carbons (Fsp3) is 0.316. The van der Waals surface area contributed by atoms with Crippen LogP contribution in [0.4, 0.5) is 5.69 Å². The second-order valence-electron chi connectivity index (χ2n) is 6.36. The van der Waals surface area contributed by atoms with E-state index >= 15 is 0 Å². The first kappa shape index (κ1) is 18.9. The van der Waals surface area contributed by atoms with Crippen LogP contribution in [0.5, 0.6) is 0 Å². The molecule has 1 saturated heterocycles. The summed E-state index contributed by atoms with van der Waals surface area (Å²) < 4.78 is 24.9. The molecule has 0 spiro atoms. The smallest absolute Gasteiger partial charge is 0.228 e. The first-order chi connectivity index (χ1) is 12.4. The number of carbonyl (C=O) groups excluding carboxylic acids is 1. The molecule has 1 heterocycles. The van der Waals surface area contributed by atoms with Crippen LogP contribution in [0.1, 0.15) is 12.8 Å². The summed E-state index contributed by atoms with van der Waals surface area (Å²) in [6, 6.07) is 17.6. The Morgan fingerprint density at radius 2 is 1.81 bits per heavy atom. The van der Waals surface area contributed by atoms with Gasteiger partial charge >= 0.3 is 0 Å². The summed E-state index contributed by atoms with van der Waals surface area (Å²) in [5, 5.41) is 2.99. The Morgan fingerprint density at radius 3 is 2.54 bits per heavy atom. The number of nitrogens with zero attached hydrogens (tertiary/aromatic N) is 1. The van der Waals surface area contributed by atoms with E-state index in [1.165, 1.54) is 10.6 Å². The minimum Gasteiger partial charge on any atom is -0.325 e. The van der Waals surface area contributed by atoms with Crippen molar-refractivity contribution in [2.24, 2.45) is 5.92 Å². The van der Waals surface area contributed by atoms with Gasteiger partial charge in [0.05, 0.1) is 17.9 Å². The van der Waals surface area contributed by atoms with Crippen molar-refractivity contribution in [1.29, 1.82) is 0 Å². The van der Waals surface area contributed by atoms with E-state index in [4.69, 9.17) is 0 Å². The summed E-state index contributed by atoms with van der Waals surface area (Å²) in [6.07, 6.45) is 2.59. The molecule has 1 fully saturated rings. The Kier molecular flexibility index (Phi) is 6.01. The van der Waals surface area contributed by atoms with Crippen LogP contribution in [0.3, 0.4) is 0 Å². The Labute approximate surface area is 158 Å². The van der Waals surface area contributed by atoms with Crippen LogP contribution in [-0.2, 0) is 14.8 Å². The molecule has 1 aliphatic heterocycles. The van der Waals surface area contributed by atoms with Crippen LogP contribution < -0.4 is 5.32 Å². The van der Waals surface area contributed by atoms with Crippen LogP contribution in [0.25, 0.3) is 0 Å². The summed E-state index contributed by atoms with van der Waals surface area (Å²) in [4.78, 5) is 14.8. The number of rotatable bonds is 5. The molecule has 5 nitrogen and oxygen atoms in total. The Hall–Kier alpha value is -1.83. The highest BCUT2D eigenvalue weighted by molar-refractivity contribution is 7.99. The van der Waals surface area contributed by atoms with E-state index in [-0.39, 0.29) is 18.4 Å². The maximum Gasteiger partial charge on any atom is 0.228 e. The average Bonchev–Trinajstić information content (AvgIpc) is 2.63. The van der Waals surface area contributed by atoms with E-state index in [1.807, 2.05) is 54.6 Å². The number of piperidine rings is 1. The number of amides is 1. The van der Waals surface area contributed by atoms with E-state index in [1.54, 1.807) is 11.8 Å². The zero-order chi connectivity index (χ0) is 18.6. The Morgan fingerprint density at radius 1 is 1.12 bits per heavy atom. The van der Waals surface area contributed by atoms with Crippen LogP contribution in [0.2, 0.25) is 0 Å². The maximum atomic E-state index is 12.7. The molecule has 0 bridgehead atoms. The highest BCUT2D eigenvalue weighted by Gasteiger charge is 2.30. The first-order valence-electron chi connectivity index (χ1n) is 8.51. The van der Waals surface area contributed by atoms with Gasteiger partial charge in [0.25, 0.3) is 0 Å². The largest absolute Gasteiger partial charge is 0.325 e. The average molecular weight is 391 g/mol. The van der Waals surface area contributed by atoms with Gasteiger partial charge in [0.15, 0.2) is 0 Å². The summed E-state index contributed by atoms with van der Waals surface area (Å²) in [6.45, 7) is 0.738. The van der Waals surface area contributed by atoms with Crippen molar-refractivity contribution in [3.05, 3.63) is 54.6 Å². The molecule has 2 aromatic rings. The van der Waals surface area contributed by atoms with Crippen LogP contribution in [-0.4, -0.2) is 38.0 Å². The molecule has 26 heavy (non-hydrogen) atoms. The van der Waals surface area contributed by atoms with Gasteiger partial charge in [-0.25, -0.2) is 12.7 Å². The lowest BCUT2D eigenvalue weighted by atomic mass is 9.99. The van der Waals surface area contributed by atoms with Gasteiger partial charge in [-0.15, -0.1) is 0 Å². The lowest BCUT2D eigenvalue weighted by Gasteiger charge is -2.30. The van der Waals surface area contributed by atoms with Crippen LogP contribution in [0.15, 0.2) is 64.4 Å². The van der Waals surface area contributed by atoms with Crippen molar-refractivity contribution >= 4 is 33.4 Å². The maximum absolute atomic E-state index is 12.7. The van der Waals surface area contributed by atoms with Crippen molar-refractivity contribution in [3.8, 4) is 0 Å². The molecule has 7 heteroatoms. The van der Waals surface area contributed by atoms with E-state index in [0.29, 0.717) is 19.4 Å². The molecule has 1 aliphatic rings. The van der Waals surface area contributed by atoms with Crippen LogP contribution in [0, 0.1) is 5.92 Å². The van der Waals surface area contributed by atoms with Gasteiger partial charge in [-0.3, -0.25) is 4.79 Å². The zero-order valence-corrected chi connectivity index (χ0v) is 16.2. The van der Waals surface area contributed by atoms with E-state index in [0.717, 1.165) is 15.5 Å². The van der Waals surface area contributed by atoms with Gasteiger partial charge in [-0.1, -0.05) is 42.1 Å². The molecule has 0 unspecified atom stereocenters. The fourth-order valence-corrected chi connectivity index (χ4v) is 4.80. The number of benzene rings is 2. The zero-order valence-electron chi connectivity index (χ0n) is 14.6. The molecule has 0 aromatic heterocycles. The van der Waals surface area contributed by atoms with Crippen molar-refractivity contribution in [1.82, 2.24) is 4.31 Å². The topological polar surface area (TPSA) is 66.5 Å². The predicted octanol–water partition coefficient (Wildman–Crippen LogP) is 3.45. The van der Waals surface area contributed by atoms with Crippen molar-refractivity contribution in [3.63, 3.8) is 0 Å². The number of carbonyl (C=O) groups is 1. The third-order valence-corrected chi connectivity index (χ3v) is 6.69. The highest BCUT2D eigenvalue weighted by Crippen LogP contribution is 2.33. The number of anilines is 1. The molecule has 0 saturated carbocycles. The molecule has 2 aromatic carbocycles. The van der Waals surface area contributed by atoms with Crippen molar-refractivity contribution in [2.75, 3.05) is 24.7 Å². The molecule has 138 valence electrons. The molecule has 1 N–H and O–H groups in total. The lowest BCUT2D eigenvalue weighted by Crippen LogP contribution is -2.43. The summed E-state index contributed by atoms with van der Waals surface area (Å²) in [5.74, 6) is -0.451. The molecule has 0 radical (unpaired) electrons. The molecule has 3 rings (SSSR count). The van der Waals surface area contributed by atoms with Crippen molar-refractivity contribution in [2.45, 2.75) is 22.6 Å². The van der Waals surface area contributed by atoms with Crippen LogP contribution >= 0.6 is 11.8 Å². The number of nitrogens with one attached hydrogen (secondary N) is 1. The molecular formula is C19H22N2O3S2. The van der Waals surface area contributed by atoms with Gasteiger partial charge in [0.2, 0.25) is 15.9 Å². The van der Waals surface area contributed by atoms with Crippen molar-refractivity contribution < 1.29 is 13.2 Å². The van der Waals surface area contributed by atoms with Gasteiger partial charge in [0, 0.05) is 22.9 Å². The third-order valence-electron chi connectivity index (χ3n) is 4.34. The highest BCUT2D eigenvalue weighted by atomic mass is 32.2. The molecule has 0 aliphatic carbocycles. The van der Waals surface area contributed by atoms with E-state index in [9.17, 15) is 13.2 Å². The van der Waals surface area contributed by atoms with Gasteiger partial charge < -0.3 is 5.32 Å². The Bertz CT molecular complexity index is 869. The standard InChI is InChI=1S/C19H22N2O3S2/c1-26(23,24)21-13-7-8-15(14-21)19(22)20-17-11-5-6-12-18(17)25-16-9-3-2-4-10-16/h2-6,9-12,15H,7-8,13-14H2,1H3,(H,20,22)/t15-/m0/s1. The first-order valence-corrected chi connectivity index (χ1v) is 11.2. The summed E-state index contributed by atoms with van der Waals surface area (Å²) in [7, 11) is -3.26. The lowest BCUT2D eigenvalue weighted by molar-refractivity contribution is -0.120.